The molecule has 1 saturated carbocycles. The van der Waals surface area contributed by atoms with E-state index in [9.17, 15) is 48.3 Å². The lowest BCUT2D eigenvalue weighted by molar-refractivity contribution is -0.174. The molecule has 0 spiro atoms. The second-order valence-corrected chi connectivity index (χ2v) is 7.98. The number of ether oxygens (including phenoxy) is 1. The third kappa shape index (κ3) is 4.78. The number of benzene rings is 1. The predicted molar refractivity (Wildman–Crippen MR) is 83.6 cm³/mol. The molecule has 14 heteroatoms. The van der Waals surface area contributed by atoms with Crippen LogP contribution in [0, 0.1) is 23.5 Å². The zero-order chi connectivity index (χ0) is 23.1. The Morgan fingerprint density at radius 2 is 1.70 bits per heavy atom. The van der Waals surface area contributed by atoms with Gasteiger partial charge < -0.3 is 8.92 Å². The van der Waals surface area contributed by atoms with Crippen molar-refractivity contribution in [2.75, 3.05) is 6.61 Å². The van der Waals surface area contributed by atoms with Gasteiger partial charge in [0, 0.05) is 11.5 Å². The van der Waals surface area contributed by atoms with Gasteiger partial charge in [0.1, 0.15) is 0 Å². The van der Waals surface area contributed by atoms with Crippen molar-refractivity contribution in [1.82, 2.24) is 0 Å². The first kappa shape index (κ1) is 24.2. The van der Waals surface area contributed by atoms with Gasteiger partial charge in [-0.3, -0.25) is 4.79 Å². The molecule has 0 unspecified atom stereocenters. The van der Waals surface area contributed by atoms with Gasteiger partial charge >= 0.3 is 27.8 Å². The molecule has 170 valence electrons. The molecule has 0 aromatic heterocycles. The summed E-state index contributed by atoms with van der Waals surface area (Å²) in [6.07, 6.45) is -6.55. The quantitative estimate of drug-likeness (QED) is 0.276. The van der Waals surface area contributed by atoms with Crippen LogP contribution in [-0.2, 0) is 19.6 Å². The molecule has 5 nitrogen and oxygen atoms in total. The van der Waals surface area contributed by atoms with Crippen molar-refractivity contribution in [2.24, 2.45) is 11.8 Å². The van der Waals surface area contributed by atoms with Gasteiger partial charge in [0.25, 0.3) is 0 Å². The van der Waals surface area contributed by atoms with Gasteiger partial charge in [-0.1, -0.05) is 6.07 Å². The number of halogens is 8. The van der Waals surface area contributed by atoms with Crippen LogP contribution < -0.4 is 4.18 Å². The van der Waals surface area contributed by atoms with Gasteiger partial charge in [0.2, 0.25) is 5.82 Å². The summed E-state index contributed by atoms with van der Waals surface area (Å²) in [6, 6.07) is 0.955. The van der Waals surface area contributed by atoms with E-state index in [1.54, 1.807) is 0 Å². The third-order valence-electron chi connectivity index (χ3n) is 4.57. The Labute approximate surface area is 165 Å². The Hall–Kier alpha value is -2.12. The SMILES string of the molecule is CCOC(=O)[C@@H]1C[C@@H](C(F)(F)F)C[C@H]1c1ccc(F)c(F)c1OS(=O)(=O)C(F)(F)F. The van der Waals surface area contributed by atoms with Crippen molar-refractivity contribution in [1.29, 1.82) is 0 Å². The molecular weight excluding hydrogens is 456 g/mol. The molecule has 0 bridgehead atoms. The Morgan fingerprint density at radius 1 is 1.10 bits per heavy atom. The van der Waals surface area contributed by atoms with Crippen molar-refractivity contribution in [3.63, 3.8) is 0 Å². The fourth-order valence-corrected chi connectivity index (χ4v) is 3.72. The summed E-state index contributed by atoms with van der Waals surface area (Å²) in [5.41, 5.74) is -6.85. The van der Waals surface area contributed by atoms with Crippen LogP contribution in [0.2, 0.25) is 0 Å². The third-order valence-corrected chi connectivity index (χ3v) is 5.52. The second-order valence-electron chi connectivity index (χ2n) is 6.44. The number of rotatable bonds is 5. The molecule has 0 radical (unpaired) electrons. The van der Waals surface area contributed by atoms with Gasteiger partial charge in [-0.25, -0.2) is 4.39 Å². The summed E-state index contributed by atoms with van der Waals surface area (Å²) in [7, 11) is -6.48. The largest absolute Gasteiger partial charge is 0.534 e. The van der Waals surface area contributed by atoms with Crippen LogP contribution in [0.3, 0.4) is 0 Å². The molecule has 0 N–H and O–H groups in total. The standard InChI is InChI=1S/C16H14F8O5S/c1-2-28-14(25)10-6-7(15(19,20)21)5-9(10)8-3-4-11(17)12(18)13(8)29-30(26,27)16(22,23)24/h3-4,7,9-10H,2,5-6H2,1H3/t7-,9-,10+/m0/s1. The molecule has 2 rings (SSSR count). The normalized spacial score (nSPS) is 22.8. The van der Waals surface area contributed by atoms with Crippen molar-refractivity contribution in [3.8, 4) is 5.75 Å². The number of alkyl halides is 6. The smallest absolute Gasteiger partial charge is 0.466 e. The van der Waals surface area contributed by atoms with E-state index < -0.39 is 81.3 Å². The summed E-state index contributed by atoms with van der Waals surface area (Å²) in [6.45, 7) is 1.12. The highest BCUT2D eigenvalue weighted by Crippen LogP contribution is 2.52. The molecule has 0 saturated heterocycles. The summed E-state index contributed by atoms with van der Waals surface area (Å²) >= 11 is 0. The first-order valence-electron chi connectivity index (χ1n) is 8.32. The van der Waals surface area contributed by atoms with E-state index in [4.69, 9.17) is 0 Å². The van der Waals surface area contributed by atoms with Gasteiger partial charge in [0.15, 0.2) is 11.6 Å². The average molecular weight is 470 g/mol. The molecule has 0 heterocycles. The summed E-state index contributed by atoms with van der Waals surface area (Å²) < 4.78 is 136. The zero-order valence-corrected chi connectivity index (χ0v) is 15.8. The predicted octanol–water partition coefficient (Wildman–Crippen LogP) is 4.43. The van der Waals surface area contributed by atoms with Crippen LogP contribution in [0.1, 0.15) is 31.2 Å². The van der Waals surface area contributed by atoms with E-state index >= 15 is 0 Å². The van der Waals surface area contributed by atoms with Crippen molar-refractivity contribution in [2.45, 2.75) is 37.4 Å². The average Bonchev–Trinajstić information content (AvgIpc) is 3.04. The molecule has 30 heavy (non-hydrogen) atoms. The number of hydrogen-bond donors (Lipinski definition) is 0. The van der Waals surface area contributed by atoms with E-state index in [2.05, 4.69) is 8.92 Å². The second kappa shape index (κ2) is 8.19. The van der Waals surface area contributed by atoms with Crippen LogP contribution in [-0.4, -0.2) is 32.7 Å². The van der Waals surface area contributed by atoms with Crippen molar-refractivity contribution in [3.05, 3.63) is 29.3 Å². The number of hydrogen-bond acceptors (Lipinski definition) is 5. The highest BCUT2D eigenvalue weighted by Gasteiger charge is 2.53. The maximum absolute atomic E-state index is 14.2. The summed E-state index contributed by atoms with van der Waals surface area (Å²) in [5.74, 6) is -12.2. The van der Waals surface area contributed by atoms with Gasteiger partial charge in [-0.2, -0.15) is 39.2 Å². The zero-order valence-electron chi connectivity index (χ0n) is 15.0. The lowest BCUT2D eigenvalue weighted by Gasteiger charge is -2.22. The van der Waals surface area contributed by atoms with E-state index in [0.717, 1.165) is 0 Å². The van der Waals surface area contributed by atoms with Crippen LogP contribution in [0.5, 0.6) is 5.75 Å². The topological polar surface area (TPSA) is 69.7 Å². The molecule has 1 aliphatic carbocycles. The van der Waals surface area contributed by atoms with E-state index in [0.29, 0.717) is 12.1 Å². The Bertz CT molecular complexity index is 909. The minimum atomic E-state index is -6.48. The molecule has 0 amide bonds. The molecule has 3 atom stereocenters. The highest BCUT2D eigenvalue weighted by molar-refractivity contribution is 7.88. The molecule has 1 aromatic carbocycles. The van der Waals surface area contributed by atoms with Crippen LogP contribution in [0.15, 0.2) is 12.1 Å². The minimum Gasteiger partial charge on any atom is -0.466 e. The van der Waals surface area contributed by atoms with Gasteiger partial charge in [0.05, 0.1) is 18.4 Å². The molecule has 1 aromatic rings. The Morgan fingerprint density at radius 3 is 2.20 bits per heavy atom. The maximum Gasteiger partial charge on any atom is 0.534 e. The molecular formula is C16H14F8O5S. The van der Waals surface area contributed by atoms with Gasteiger partial charge in [-0.15, -0.1) is 0 Å². The van der Waals surface area contributed by atoms with Crippen LogP contribution >= 0.6 is 0 Å². The fourth-order valence-electron chi connectivity index (χ4n) is 3.24. The number of esters is 1. The monoisotopic (exact) mass is 470 g/mol. The number of carbonyl (C=O) groups excluding carboxylic acids is 1. The molecule has 1 aliphatic rings. The minimum absolute atomic E-state index is 0.234. The van der Waals surface area contributed by atoms with Crippen LogP contribution in [0.25, 0.3) is 0 Å². The van der Waals surface area contributed by atoms with E-state index in [-0.39, 0.29) is 6.61 Å². The van der Waals surface area contributed by atoms with E-state index in [1.165, 1.54) is 6.92 Å². The first-order valence-corrected chi connectivity index (χ1v) is 9.73. The lowest BCUT2D eigenvalue weighted by Crippen LogP contribution is -2.29. The summed E-state index contributed by atoms with van der Waals surface area (Å²) in [4.78, 5) is 12.1. The Balaban J connectivity index is 2.60. The molecule has 0 aliphatic heterocycles. The lowest BCUT2D eigenvalue weighted by atomic mass is 9.88. The fraction of sp³-hybridized carbons (Fsp3) is 0.562. The van der Waals surface area contributed by atoms with E-state index in [1.807, 2.05) is 0 Å². The highest BCUT2D eigenvalue weighted by atomic mass is 32.2. The van der Waals surface area contributed by atoms with Gasteiger partial charge in [-0.05, 0) is 25.8 Å². The van der Waals surface area contributed by atoms with Crippen molar-refractivity contribution >= 4 is 16.1 Å². The number of carbonyl (C=O) groups is 1. The molecule has 1 fully saturated rings. The maximum atomic E-state index is 14.2. The Kier molecular flexibility index (Phi) is 6.60. The van der Waals surface area contributed by atoms with Crippen LogP contribution in [0.4, 0.5) is 35.1 Å². The first-order chi connectivity index (χ1) is 13.6. The van der Waals surface area contributed by atoms with Crippen molar-refractivity contribution < 1.29 is 57.3 Å². The summed E-state index contributed by atoms with van der Waals surface area (Å²) in [5, 5.41) is 0.